The lowest BCUT2D eigenvalue weighted by molar-refractivity contribution is -0.131. The Bertz CT molecular complexity index is 293. The monoisotopic (exact) mass is 188 g/mol. The van der Waals surface area contributed by atoms with E-state index in [1.165, 1.54) is 12.4 Å². The fraction of sp³-hybridized carbons (Fsp3) is 0.143. The van der Waals surface area contributed by atoms with Crippen molar-refractivity contribution in [3.8, 4) is 0 Å². The molecule has 0 saturated heterocycles. The van der Waals surface area contributed by atoms with E-state index in [9.17, 15) is 4.79 Å². The number of rotatable bonds is 2. The van der Waals surface area contributed by atoms with Gasteiger partial charge in [0.05, 0.1) is 12.0 Å². The van der Waals surface area contributed by atoms with Crippen LogP contribution in [0.4, 0.5) is 0 Å². The van der Waals surface area contributed by atoms with Crippen molar-refractivity contribution in [3.63, 3.8) is 0 Å². The molecule has 0 unspecified atom stereocenters. The molecule has 0 aromatic carbocycles. The van der Waals surface area contributed by atoms with E-state index in [1.807, 2.05) is 6.92 Å². The number of carboxylic acid groups (broad SMARTS) is 1. The summed E-state index contributed by atoms with van der Waals surface area (Å²) in [5, 5.41) is 8.28. The highest BCUT2D eigenvalue weighted by molar-refractivity contribution is 5.85. The Morgan fingerprint density at radius 1 is 1.75 bits per heavy atom. The van der Waals surface area contributed by atoms with Gasteiger partial charge in [-0.15, -0.1) is 12.4 Å². The third-order valence-corrected chi connectivity index (χ3v) is 1.25. The molecule has 1 aromatic rings. The number of H-pyrrole nitrogens is 1. The van der Waals surface area contributed by atoms with Gasteiger partial charge in [-0.2, -0.15) is 0 Å². The topological polar surface area (TPSA) is 66.0 Å². The fourth-order valence-electron chi connectivity index (χ4n) is 0.688. The quantitative estimate of drug-likeness (QED) is 0.687. The molecule has 66 valence electrons. The Labute approximate surface area is 75.7 Å². The first-order valence-corrected chi connectivity index (χ1v) is 3.11. The lowest BCUT2D eigenvalue weighted by Crippen LogP contribution is -1.86. The van der Waals surface area contributed by atoms with Gasteiger partial charge in [0.2, 0.25) is 0 Å². The lowest BCUT2D eigenvalue weighted by Gasteiger charge is -1.84. The van der Waals surface area contributed by atoms with E-state index >= 15 is 0 Å². The SMILES string of the molecule is Cc1[nH]cnc1/C=C/C(=O)O.Cl. The van der Waals surface area contributed by atoms with Crippen LogP contribution in [0.1, 0.15) is 11.4 Å². The van der Waals surface area contributed by atoms with Crippen molar-refractivity contribution in [3.05, 3.63) is 23.8 Å². The Morgan fingerprint density at radius 3 is 2.83 bits per heavy atom. The van der Waals surface area contributed by atoms with Gasteiger partial charge in [-0.3, -0.25) is 0 Å². The van der Waals surface area contributed by atoms with Crippen LogP contribution < -0.4 is 0 Å². The molecule has 0 aliphatic heterocycles. The van der Waals surface area contributed by atoms with Crippen LogP contribution in [0.5, 0.6) is 0 Å². The van der Waals surface area contributed by atoms with Crippen LogP contribution in [0.25, 0.3) is 6.08 Å². The second-order valence-electron chi connectivity index (χ2n) is 2.08. The average Bonchev–Trinajstić information content (AvgIpc) is 2.31. The summed E-state index contributed by atoms with van der Waals surface area (Å²) in [6.07, 6.45) is 4.04. The lowest BCUT2D eigenvalue weighted by atomic mass is 10.3. The van der Waals surface area contributed by atoms with Crippen LogP contribution >= 0.6 is 12.4 Å². The van der Waals surface area contributed by atoms with Crippen molar-refractivity contribution in [1.29, 1.82) is 0 Å². The number of nitrogens with zero attached hydrogens (tertiary/aromatic N) is 1. The molecule has 1 rings (SSSR count). The number of hydrogen-bond donors (Lipinski definition) is 2. The number of carbonyl (C=O) groups is 1. The van der Waals surface area contributed by atoms with Gasteiger partial charge in [0.25, 0.3) is 0 Å². The molecular formula is C7H9ClN2O2. The van der Waals surface area contributed by atoms with E-state index in [4.69, 9.17) is 5.11 Å². The summed E-state index contributed by atoms with van der Waals surface area (Å²) in [5.74, 6) is -0.965. The predicted octanol–water partition coefficient (Wildman–Crippen LogP) is 1.24. The van der Waals surface area contributed by atoms with E-state index in [0.717, 1.165) is 11.8 Å². The number of aryl methyl sites for hydroxylation is 1. The summed E-state index contributed by atoms with van der Waals surface area (Å²) in [7, 11) is 0. The van der Waals surface area contributed by atoms with Gasteiger partial charge in [-0.1, -0.05) is 0 Å². The molecule has 0 fully saturated rings. The van der Waals surface area contributed by atoms with Crippen molar-refractivity contribution in [1.82, 2.24) is 9.97 Å². The van der Waals surface area contributed by atoms with E-state index in [1.54, 1.807) is 0 Å². The zero-order valence-electron chi connectivity index (χ0n) is 6.44. The van der Waals surface area contributed by atoms with Gasteiger partial charge < -0.3 is 10.1 Å². The number of hydrogen-bond acceptors (Lipinski definition) is 2. The minimum atomic E-state index is -0.965. The van der Waals surface area contributed by atoms with Crippen molar-refractivity contribution >= 4 is 24.5 Å². The number of imidazole rings is 1. The number of aliphatic carboxylic acids is 1. The largest absolute Gasteiger partial charge is 0.478 e. The second-order valence-corrected chi connectivity index (χ2v) is 2.08. The van der Waals surface area contributed by atoms with E-state index in [-0.39, 0.29) is 12.4 Å². The molecule has 1 aromatic heterocycles. The highest BCUT2D eigenvalue weighted by Crippen LogP contribution is 2.01. The summed E-state index contributed by atoms with van der Waals surface area (Å²) in [6.45, 7) is 1.83. The zero-order chi connectivity index (χ0) is 8.27. The normalized spacial score (nSPS) is 9.75. The molecule has 0 spiro atoms. The third kappa shape index (κ3) is 2.75. The first-order chi connectivity index (χ1) is 5.20. The average molecular weight is 189 g/mol. The molecule has 0 atom stereocenters. The molecular weight excluding hydrogens is 180 g/mol. The third-order valence-electron chi connectivity index (χ3n) is 1.25. The van der Waals surface area contributed by atoms with Gasteiger partial charge in [0.1, 0.15) is 0 Å². The number of carboxylic acids is 1. The highest BCUT2D eigenvalue weighted by atomic mass is 35.5. The van der Waals surface area contributed by atoms with Crippen LogP contribution in [0.3, 0.4) is 0 Å². The standard InChI is InChI=1S/C7H8N2O2.ClH/c1-5-6(9-4-8-5)2-3-7(10)11;/h2-4H,1H3,(H,8,9)(H,10,11);1H/b3-2+;. The summed E-state index contributed by atoms with van der Waals surface area (Å²) in [6, 6.07) is 0. The van der Waals surface area contributed by atoms with E-state index in [0.29, 0.717) is 5.69 Å². The number of nitrogens with one attached hydrogen (secondary N) is 1. The minimum Gasteiger partial charge on any atom is -0.478 e. The Morgan fingerprint density at radius 2 is 2.42 bits per heavy atom. The highest BCUT2D eigenvalue weighted by Gasteiger charge is 1.95. The van der Waals surface area contributed by atoms with Gasteiger partial charge >= 0.3 is 5.97 Å². The van der Waals surface area contributed by atoms with E-state index in [2.05, 4.69) is 9.97 Å². The smallest absolute Gasteiger partial charge is 0.328 e. The van der Waals surface area contributed by atoms with Crippen molar-refractivity contribution in [2.75, 3.05) is 0 Å². The second kappa shape index (κ2) is 4.56. The minimum absolute atomic E-state index is 0. The molecule has 1 heterocycles. The maximum absolute atomic E-state index is 10.1. The van der Waals surface area contributed by atoms with Crippen molar-refractivity contribution < 1.29 is 9.90 Å². The van der Waals surface area contributed by atoms with Crippen LogP contribution in [0.15, 0.2) is 12.4 Å². The molecule has 0 amide bonds. The van der Waals surface area contributed by atoms with Crippen molar-refractivity contribution in [2.24, 2.45) is 0 Å². The molecule has 0 bridgehead atoms. The maximum Gasteiger partial charge on any atom is 0.328 e. The van der Waals surface area contributed by atoms with Crippen molar-refractivity contribution in [2.45, 2.75) is 6.92 Å². The molecule has 5 heteroatoms. The molecule has 0 radical (unpaired) electrons. The summed E-state index contributed by atoms with van der Waals surface area (Å²) >= 11 is 0. The molecule has 2 N–H and O–H groups in total. The summed E-state index contributed by atoms with van der Waals surface area (Å²) in [5.41, 5.74) is 1.52. The van der Waals surface area contributed by atoms with Gasteiger partial charge in [0.15, 0.2) is 0 Å². The van der Waals surface area contributed by atoms with E-state index < -0.39 is 5.97 Å². The number of aromatic nitrogens is 2. The molecule has 0 saturated carbocycles. The number of aromatic amines is 1. The summed E-state index contributed by atoms with van der Waals surface area (Å²) in [4.78, 5) is 16.8. The number of halogens is 1. The Hall–Kier alpha value is -1.29. The first kappa shape index (κ1) is 10.7. The fourth-order valence-corrected chi connectivity index (χ4v) is 0.688. The summed E-state index contributed by atoms with van der Waals surface area (Å²) < 4.78 is 0. The molecule has 0 aliphatic carbocycles. The molecule has 4 nitrogen and oxygen atoms in total. The van der Waals surface area contributed by atoms with Crippen LogP contribution in [0, 0.1) is 6.92 Å². The first-order valence-electron chi connectivity index (χ1n) is 3.11. The van der Waals surface area contributed by atoms with Crippen LogP contribution in [-0.2, 0) is 4.79 Å². The van der Waals surface area contributed by atoms with Crippen LogP contribution in [0.2, 0.25) is 0 Å². The van der Waals surface area contributed by atoms with Gasteiger partial charge in [-0.05, 0) is 13.0 Å². The Kier molecular flexibility index (Phi) is 4.07. The Balaban J connectivity index is 0.00000121. The molecule has 0 aliphatic rings. The van der Waals surface area contributed by atoms with Crippen LogP contribution in [-0.4, -0.2) is 21.0 Å². The maximum atomic E-state index is 10.1. The van der Waals surface area contributed by atoms with Gasteiger partial charge in [0, 0.05) is 11.8 Å². The van der Waals surface area contributed by atoms with Gasteiger partial charge in [-0.25, -0.2) is 9.78 Å². The zero-order valence-corrected chi connectivity index (χ0v) is 7.26. The predicted molar refractivity (Wildman–Crippen MR) is 47.2 cm³/mol. The molecule has 12 heavy (non-hydrogen) atoms.